The molecule has 0 aliphatic carbocycles. The first-order chi connectivity index (χ1) is 19.0. The smallest absolute Gasteiger partial charge is 0.308 e. The maximum absolute atomic E-state index is 13.2. The summed E-state index contributed by atoms with van der Waals surface area (Å²) in [5.41, 5.74) is 5.59. The van der Waals surface area contributed by atoms with Gasteiger partial charge in [-0.1, -0.05) is 72.8 Å². The van der Waals surface area contributed by atoms with Crippen molar-refractivity contribution in [3.63, 3.8) is 0 Å². The Bertz CT molecular complexity index is 1430. The van der Waals surface area contributed by atoms with Gasteiger partial charge in [-0.2, -0.15) is 11.8 Å². The van der Waals surface area contributed by atoms with E-state index in [9.17, 15) is 14.7 Å². The first-order valence-corrected chi connectivity index (χ1v) is 14.6. The second kappa shape index (κ2) is 14.0. The van der Waals surface area contributed by atoms with E-state index < -0.39 is 11.9 Å². The average molecular weight is 542 g/mol. The minimum Gasteiger partial charge on any atom is -0.481 e. The number of nitrogens with one attached hydrogen (secondary N) is 1. The summed E-state index contributed by atoms with van der Waals surface area (Å²) in [4.78, 5) is 24.9. The van der Waals surface area contributed by atoms with E-state index in [2.05, 4.69) is 41.7 Å². The van der Waals surface area contributed by atoms with Gasteiger partial charge in [0.2, 0.25) is 0 Å². The second-order valence-electron chi connectivity index (χ2n) is 9.71. The fourth-order valence-electron chi connectivity index (χ4n) is 4.64. The van der Waals surface area contributed by atoms with Crippen LogP contribution in [0.4, 0.5) is 0 Å². The summed E-state index contributed by atoms with van der Waals surface area (Å²) in [6.07, 6.45) is 3.27. The molecule has 4 aromatic carbocycles. The van der Waals surface area contributed by atoms with Crippen LogP contribution in [0.3, 0.4) is 0 Å². The van der Waals surface area contributed by atoms with Gasteiger partial charge in [-0.15, -0.1) is 0 Å². The lowest BCUT2D eigenvalue weighted by Crippen LogP contribution is -2.33. The molecule has 0 radical (unpaired) electrons. The average Bonchev–Trinajstić information content (AvgIpc) is 2.95. The minimum absolute atomic E-state index is 0.0988. The Morgan fingerprint density at radius 3 is 2.41 bits per heavy atom. The third kappa shape index (κ3) is 7.71. The number of amides is 1. The second-order valence-corrected chi connectivity index (χ2v) is 10.7. The SMILES string of the molecule is CSCCC(CNC(=O)c1ccc(COCCc2ccc3ccccc3c2)cc1-c1ccccc1C)C(=O)O. The molecule has 0 heterocycles. The van der Waals surface area contributed by atoms with Gasteiger partial charge in [-0.05, 0) is 82.5 Å². The number of thioether (sulfide) groups is 1. The first-order valence-electron chi connectivity index (χ1n) is 13.2. The largest absolute Gasteiger partial charge is 0.481 e. The molecule has 0 aromatic heterocycles. The zero-order chi connectivity index (χ0) is 27.6. The molecule has 39 heavy (non-hydrogen) atoms. The maximum Gasteiger partial charge on any atom is 0.308 e. The van der Waals surface area contributed by atoms with Crippen molar-refractivity contribution >= 4 is 34.4 Å². The summed E-state index contributed by atoms with van der Waals surface area (Å²) >= 11 is 1.60. The predicted octanol–water partition coefficient (Wildman–Crippen LogP) is 6.76. The molecule has 5 nitrogen and oxygen atoms in total. The van der Waals surface area contributed by atoms with Gasteiger partial charge in [-0.3, -0.25) is 9.59 Å². The number of carboxylic acid groups (broad SMARTS) is 1. The van der Waals surface area contributed by atoms with E-state index >= 15 is 0 Å². The number of fused-ring (bicyclic) bond motifs is 1. The molecule has 4 rings (SSSR count). The predicted molar refractivity (Wildman–Crippen MR) is 160 cm³/mol. The molecule has 1 unspecified atom stereocenters. The molecule has 202 valence electrons. The van der Waals surface area contributed by atoms with Gasteiger partial charge in [0, 0.05) is 12.1 Å². The number of carbonyl (C=O) groups is 2. The van der Waals surface area contributed by atoms with E-state index in [4.69, 9.17) is 4.74 Å². The van der Waals surface area contributed by atoms with Crippen LogP contribution in [0.5, 0.6) is 0 Å². The van der Waals surface area contributed by atoms with E-state index in [-0.39, 0.29) is 12.5 Å². The van der Waals surface area contributed by atoms with Gasteiger partial charge in [-0.25, -0.2) is 0 Å². The quantitative estimate of drug-likeness (QED) is 0.183. The molecule has 0 aliphatic rings. The summed E-state index contributed by atoms with van der Waals surface area (Å²) in [7, 11) is 0. The van der Waals surface area contributed by atoms with Gasteiger partial charge in [0.1, 0.15) is 0 Å². The van der Waals surface area contributed by atoms with E-state index in [0.29, 0.717) is 25.2 Å². The lowest BCUT2D eigenvalue weighted by atomic mass is 9.93. The Labute approximate surface area is 234 Å². The molecule has 1 atom stereocenters. The molecular weight excluding hydrogens is 506 g/mol. The maximum atomic E-state index is 13.2. The monoisotopic (exact) mass is 541 g/mol. The molecular formula is C33H35NO4S. The van der Waals surface area contributed by atoms with E-state index in [0.717, 1.165) is 34.4 Å². The van der Waals surface area contributed by atoms with E-state index in [1.807, 2.05) is 61.7 Å². The van der Waals surface area contributed by atoms with Crippen LogP contribution in [0.15, 0.2) is 84.9 Å². The number of carboxylic acids is 1. The number of ether oxygens (including phenoxy) is 1. The zero-order valence-corrected chi connectivity index (χ0v) is 23.3. The van der Waals surface area contributed by atoms with Crippen LogP contribution in [0.25, 0.3) is 21.9 Å². The van der Waals surface area contributed by atoms with Crippen LogP contribution < -0.4 is 5.32 Å². The highest BCUT2D eigenvalue weighted by molar-refractivity contribution is 7.98. The molecule has 0 fully saturated rings. The minimum atomic E-state index is -0.889. The number of hydrogen-bond acceptors (Lipinski definition) is 4. The van der Waals surface area contributed by atoms with E-state index in [1.54, 1.807) is 11.8 Å². The summed E-state index contributed by atoms with van der Waals surface area (Å²) < 4.78 is 6.03. The van der Waals surface area contributed by atoms with Gasteiger partial charge in [0.25, 0.3) is 5.91 Å². The molecule has 0 bridgehead atoms. The highest BCUT2D eigenvalue weighted by atomic mass is 32.2. The molecule has 2 N–H and O–H groups in total. The summed E-state index contributed by atoms with van der Waals surface area (Å²) in [6.45, 7) is 3.14. The van der Waals surface area contributed by atoms with Crippen molar-refractivity contribution in [1.29, 1.82) is 0 Å². The van der Waals surface area contributed by atoms with Crippen LogP contribution >= 0.6 is 11.8 Å². The normalized spacial score (nSPS) is 11.8. The van der Waals surface area contributed by atoms with Crippen molar-refractivity contribution in [2.45, 2.75) is 26.4 Å². The summed E-state index contributed by atoms with van der Waals surface area (Å²) in [6, 6.07) is 28.5. The van der Waals surface area contributed by atoms with Gasteiger partial charge >= 0.3 is 5.97 Å². The molecule has 0 saturated carbocycles. The number of hydrogen-bond donors (Lipinski definition) is 2. The Morgan fingerprint density at radius 2 is 1.64 bits per heavy atom. The van der Waals surface area contributed by atoms with E-state index in [1.165, 1.54) is 16.3 Å². The van der Waals surface area contributed by atoms with Gasteiger partial charge in [0.15, 0.2) is 0 Å². The van der Waals surface area contributed by atoms with Crippen LogP contribution in [-0.4, -0.2) is 42.1 Å². The van der Waals surface area contributed by atoms with Crippen molar-refractivity contribution in [3.05, 3.63) is 107 Å². The Morgan fingerprint density at radius 1 is 0.897 bits per heavy atom. The molecule has 0 aliphatic heterocycles. The van der Waals surface area contributed by atoms with Crippen molar-refractivity contribution < 1.29 is 19.4 Å². The summed E-state index contributed by atoms with van der Waals surface area (Å²) in [5.74, 6) is -1.04. The number of benzene rings is 4. The number of aryl methyl sites for hydroxylation is 1. The lowest BCUT2D eigenvalue weighted by Gasteiger charge is -2.16. The topological polar surface area (TPSA) is 75.6 Å². The number of rotatable bonds is 13. The molecule has 6 heteroatoms. The van der Waals surface area contributed by atoms with Crippen molar-refractivity contribution in [2.24, 2.45) is 5.92 Å². The molecule has 0 saturated heterocycles. The zero-order valence-electron chi connectivity index (χ0n) is 22.5. The molecule has 1 amide bonds. The first kappa shape index (κ1) is 28.4. The Hall–Kier alpha value is -3.61. The highest BCUT2D eigenvalue weighted by Gasteiger charge is 2.20. The van der Waals surface area contributed by atoms with Crippen molar-refractivity contribution in [1.82, 2.24) is 5.32 Å². The Balaban J connectivity index is 1.45. The van der Waals surface area contributed by atoms with Crippen molar-refractivity contribution in [2.75, 3.05) is 25.2 Å². The fourth-order valence-corrected chi connectivity index (χ4v) is 5.16. The molecule has 0 spiro atoms. The van der Waals surface area contributed by atoms with Gasteiger partial charge in [0.05, 0.1) is 19.1 Å². The fraction of sp³-hybridized carbons (Fsp3) is 0.273. The van der Waals surface area contributed by atoms with Crippen LogP contribution in [-0.2, 0) is 22.6 Å². The molecule has 4 aromatic rings. The third-order valence-corrected chi connectivity index (χ3v) is 7.55. The number of carbonyl (C=O) groups excluding carboxylic acids is 1. The van der Waals surface area contributed by atoms with Crippen LogP contribution in [0, 0.1) is 12.8 Å². The lowest BCUT2D eigenvalue weighted by molar-refractivity contribution is -0.141. The Kier molecular flexibility index (Phi) is 10.2. The van der Waals surface area contributed by atoms with Crippen LogP contribution in [0.1, 0.15) is 33.5 Å². The standard InChI is InChI=1S/C33H35NO4S/c1-23-7-3-6-10-29(23)31-20-25(12-14-30(31)32(35)34-21-28(33(36)37)16-18-39-2)22-38-17-15-24-11-13-26-8-4-5-9-27(26)19-24/h3-14,19-20,28H,15-18,21-22H2,1-2H3,(H,34,35)(H,36,37). The third-order valence-electron chi connectivity index (χ3n) is 6.91. The van der Waals surface area contributed by atoms with Crippen molar-refractivity contribution in [3.8, 4) is 11.1 Å². The summed E-state index contributed by atoms with van der Waals surface area (Å²) in [5, 5.41) is 14.9. The number of aliphatic carboxylic acids is 1. The highest BCUT2D eigenvalue weighted by Crippen LogP contribution is 2.28. The van der Waals surface area contributed by atoms with Gasteiger partial charge < -0.3 is 15.2 Å². The van der Waals surface area contributed by atoms with Crippen LogP contribution in [0.2, 0.25) is 0 Å².